The van der Waals surface area contributed by atoms with Crippen molar-refractivity contribution in [3.8, 4) is 5.75 Å². The van der Waals surface area contributed by atoms with Gasteiger partial charge in [-0.05, 0) is 18.2 Å². The highest BCUT2D eigenvalue weighted by Gasteiger charge is 2.15. The Morgan fingerprint density at radius 1 is 1.42 bits per heavy atom. The van der Waals surface area contributed by atoms with Gasteiger partial charge in [-0.3, -0.25) is 4.98 Å². The molecule has 0 spiro atoms. The number of benzene rings is 1. The second kappa shape index (κ2) is 5.36. The number of carbonyl (C=O) groups excluding carboxylic acids is 1. The van der Waals surface area contributed by atoms with Crippen molar-refractivity contribution in [3.05, 3.63) is 35.0 Å². The number of rotatable bonds is 3. The third-order valence-corrected chi connectivity index (χ3v) is 2.81. The van der Waals surface area contributed by atoms with E-state index in [2.05, 4.69) is 14.5 Å². The number of fused-ring (bicyclic) bond motifs is 1. The summed E-state index contributed by atoms with van der Waals surface area (Å²) in [5.74, 6) is -0.715. The van der Waals surface area contributed by atoms with Crippen LogP contribution in [0, 0.1) is 0 Å². The predicted octanol–water partition coefficient (Wildman–Crippen LogP) is 3.28. The topological polar surface area (TPSA) is 48.4 Å². The first-order valence-electron chi connectivity index (χ1n) is 5.14. The van der Waals surface area contributed by atoms with Gasteiger partial charge in [-0.25, -0.2) is 4.79 Å². The number of hydrogen-bond donors (Lipinski definition) is 0. The first-order chi connectivity index (χ1) is 9.02. The monoisotopic (exact) mass is 287 g/mol. The minimum atomic E-state index is -2.94. The van der Waals surface area contributed by atoms with Gasteiger partial charge in [0, 0.05) is 11.6 Å². The van der Waals surface area contributed by atoms with Crippen LogP contribution in [0.25, 0.3) is 10.9 Å². The molecular formula is C12H8ClF2NO3. The zero-order valence-corrected chi connectivity index (χ0v) is 10.4. The predicted molar refractivity (Wildman–Crippen MR) is 64.7 cm³/mol. The second-order valence-electron chi connectivity index (χ2n) is 3.53. The van der Waals surface area contributed by atoms with Gasteiger partial charge in [0.15, 0.2) is 0 Å². The lowest BCUT2D eigenvalue weighted by molar-refractivity contribution is -0.0497. The number of alkyl halides is 2. The van der Waals surface area contributed by atoms with Crippen LogP contribution in [-0.2, 0) is 4.74 Å². The maximum absolute atomic E-state index is 12.1. The molecule has 2 aromatic rings. The van der Waals surface area contributed by atoms with Gasteiger partial charge in [0.05, 0.1) is 23.2 Å². The van der Waals surface area contributed by atoms with Gasteiger partial charge >= 0.3 is 12.6 Å². The Bertz CT molecular complexity index is 634. The number of methoxy groups -OCH3 is 1. The van der Waals surface area contributed by atoms with Gasteiger partial charge in [0.25, 0.3) is 0 Å². The van der Waals surface area contributed by atoms with Crippen molar-refractivity contribution >= 4 is 28.5 Å². The summed E-state index contributed by atoms with van der Waals surface area (Å²) in [6.45, 7) is -2.94. The fourth-order valence-corrected chi connectivity index (χ4v) is 1.85. The molecule has 4 nitrogen and oxygen atoms in total. The number of ether oxygens (including phenoxy) is 2. The molecule has 0 aliphatic heterocycles. The Kier molecular flexibility index (Phi) is 3.80. The Balaban J connectivity index is 2.55. The first kappa shape index (κ1) is 13.5. The Labute approximate surface area is 111 Å². The maximum Gasteiger partial charge on any atom is 0.387 e. The van der Waals surface area contributed by atoms with E-state index in [0.717, 1.165) is 0 Å². The standard InChI is InChI=1S/C12H8ClF2NO3/c1-18-11(17)8-5-16-9-3-2-6(19-12(14)15)4-7(9)10(8)13/h2-5,12H,1H3. The van der Waals surface area contributed by atoms with E-state index in [0.29, 0.717) is 10.9 Å². The Hall–Kier alpha value is -1.95. The zero-order valence-electron chi connectivity index (χ0n) is 9.69. The molecule has 7 heteroatoms. The molecule has 0 saturated heterocycles. The molecule has 0 radical (unpaired) electrons. The number of hydrogen-bond acceptors (Lipinski definition) is 4. The highest BCUT2D eigenvalue weighted by atomic mass is 35.5. The lowest BCUT2D eigenvalue weighted by Gasteiger charge is -2.08. The normalized spacial score (nSPS) is 10.8. The second-order valence-corrected chi connectivity index (χ2v) is 3.91. The van der Waals surface area contributed by atoms with Crippen LogP contribution in [-0.4, -0.2) is 24.7 Å². The van der Waals surface area contributed by atoms with E-state index < -0.39 is 12.6 Å². The number of pyridine rings is 1. The molecule has 0 fully saturated rings. The van der Waals surface area contributed by atoms with Crippen LogP contribution in [0.5, 0.6) is 5.75 Å². The van der Waals surface area contributed by atoms with Crippen LogP contribution in [0.3, 0.4) is 0 Å². The highest BCUT2D eigenvalue weighted by Crippen LogP contribution is 2.29. The summed E-state index contributed by atoms with van der Waals surface area (Å²) >= 11 is 6.04. The average molecular weight is 288 g/mol. The van der Waals surface area contributed by atoms with Gasteiger partial charge in [-0.2, -0.15) is 8.78 Å². The molecule has 19 heavy (non-hydrogen) atoms. The maximum atomic E-state index is 12.1. The molecule has 2 rings (SSSR count). The number of nitrogens with zero attached hydrogens (tertiary/aromatic N) is 1. The lowest BCUT2D eigenvalue weighted by atomic mass is 10.1. The van der Waals surface area contributed by atoms with E-state index in [9.17, 15) is 13.6 Å². The molecular weight excluding hydrogens is 280 g/mol. The number of aromatic nitrogens is 1. The van der Waals surface area contributed by atoms with Crippen molar-refractivity contribution in [2.45, 2.75) is 6.61 Å². The summed E-state index contributed by atoms with van der Waals surface area (Å²) in [4.78, 5) is 15.4. The van der Waals surface area contributed by atoms with E-state index in [1.165, 1.54) is 31.5 Å². The smallest absolute Gasteiger partial charge is 0.387 e. The van der Waals surface area contributed by atoms with Crippen LogP contribution in [0.2, 0.25) is 5.02 Å². The van der Waals surface area contributed by atoms with Crippen LogP contribution < -0.4 is 4.74 Å². The van der Waals surface area contributed by atoms with E-state index in [1.54, 1.807) is 0 Å². The first-order valence-corrected chi connectivity index (χ1v) is 5.52. The van der Waals surface area contributed by atoms with E-state index >= 15 is 0 Å². The van der Waals surface area contributed by atoms with Crippen molar-refractivity contribution in [2.24, 2.45) is 0 Å². The van der Waals surface area contributed by atoms with Crippen molar-refractivity contribution in [1.29, 1.82) is 0 Å². The van der Waals surface area contributed by atoms with Gasteiger partial charge in [0.2, 0.25) is 0 Å². The van der Waals surface area contributed by atoms with Crippen LogP contribution in [0.4, 0.5) is 8.78 Å². The molecule has 100 valence electrons. The summed E-state index contributed by atoms with van der Waals surface area (Å²) in [7, 11) is 1.21. The Morgan fingerprint density at radius 2 is 2.16 bits per heavy atom. The summed E-state index contributed by atoms with van der Waals surface area (Å²) < 4.78 is 33.1. The fourth-order valence-electron chi connectivity index (χ4n) is 1.57. The fraction of sp³-hybridized carbons (Fsp3) is 0.167. The van der Waals surface area contributed by atoms with E-state index in [-0.39, 0.29) is 16.3 Å². The minimum absolute atomic E-state index is 0.0610. The van der Waals surface area contributed by atoms with Crippen LogP contribution in [0.15, 0.2) is 24.4 Å². The average Bonchev–Trinajstić information content (AvgIpc) is 2.38. The third-order valence-electron chi connectivity index (χ3n) is 2.40. The largest absolute Gasteiger partial charge is 0.465 e. The molecule has 0 bridgehead atoms. The number of carbonyl (C=O) groups is 1. The van der Waals surface area contributed by atoms with Crippen molar-refractivity contribution in [2.75, 3.05) is 7.11 Å². The van der Waals surface area contributed by atoms with Gasteiger partial charge in [-0.15, -0.1) is 0 Å². The van der Waals surface area contributed by atoms with Crippen LogP contribution in [0.1, 0.15) is 10.4 Å². The van der Waals surface area contributed by atoms with Crippen LogP contribution >= 0.6 is 11.6 Å². The molecule has 1 aromatic carbocycles. The summed E-state index contributed by atoms with van der Waals surface area (Å²) in [6.07, 6.45) is 1.27. The molecule has 0 saturated carbocycles. The summed E-state index contributed by atoms with van der Waals surface area (Å²) in [6, 6.07) is 4.11. The molecule has 0 aliphatic carbocycles. The molecule has 1 aromatic heterocycles. The van der Waals surface area contributed by atoms with Gasteiger partial charge in [0.1, 0.15) is 5.75 Å². The molecule has 0 unspecified atom stereocenters. The van der Waals surface area contributed by atoms with Gasteiger partial charge in [-0.1, -0.05) is 11.6 Å². The van der Waals surface area contributed by atoms with E-state index in [4.69, 9.17) is 11.6 Å². The van der Waals surface area contributed by atoms with E-state index in [1.807, 2.05) is 0 Å². The van der Waals surface area contributed by atoms with Crippen molar-refractivity contribution < 1.29 is 23.0 Å². The third kappa shape index (κ3) is 2.73. The highest BCUT2D eigenvalue weighted by molar-refractivity contribution is 6.38. The lowest BCUT2D eigenvalue weighted by Crippen LogP contribution is -2.04. The number of esters is 1. The molecule has 0 aliphatic rings. The summed E-state index contributed by atoms with van der Waals surface area (Å²) in [5.41, 5.74) is 0.519. The SMILES string of the molecule is COC(=O)c1cnc2ccc(OC(F)F)cc2c1Cl. The zero-order chi connectivity index (χ0) is 14.0. The molecule has 0 N–H and O–H groups in total. The van der Waals surface area contributed by atoms with Crippen molar-refractivity contribution in [3.63, 3.8) is 0 Å². The quantitative estimate of drug-likeness (QED) is 0.813. The van der Waals surface area contributed by atoms with Crippen molar-refractivity contribution in [1.82, 2.24) is 4.98 Å². The number of halogens is 3. The van der Waals surface area contributed by atoms with Gasteiger partial charge < -0.3 is 9.47 Å². The molecule has 1 heterocycles. The molecule has 0 amide bonds. The summed E-state index contributed by atoms with van der Waals surface area (Å²) in [5, 5.41) is 0.416. The minimum Gasteiger partial charge on any atom is -0.465 e. The Morgan fingerprint density at radius 3 is 2.79 bits per heavy atom. The molecule has 0 atom stereocenters.